The van der Waals surface area contributed by atoms with E-state index < -0.39 is 35.7 Å². The zero-order valence-electron chi connectivity index (χ0n) is 15.3. The molecule has 1 aliphatic heterocycles. The van der Waals surface area contributed by atoms with Gasteiger partial charge in [-0.3, -0.25) is 14.5 Å². The van der Waals surface area contributed by atoms with E-state index in [9.17, 15) is 18.8 Å². The van der Waals surface area contributed by atoms with Gasteiger partial charge in [-0.15, -0.1) is 0 Å². The first-order chi connectivity index (χ1) is 13.2. The Morgan fingerprint density at radius 3 is 2.39 bits per heavy atom. The van der Waals surface area contributed by atoms with Crippen LogP contribution in [-0.4, -0.2) is 29.3 Å². The molecule has 0 spiro atoms. The molecule has 146 valence electrons. The van der Waals surface area contributed by atoms with Crippen molar-refractivity contribution in [1.82, 2.24) is 15.5 Å². The summed E-state index contributed by atoms with van der Waals surface area (Å²) in [5.41, 5.74) is -0.00848. The first kappa shape index (κ1) is 20.0. The van der Waals surface area contributed by atoms with Crippen LogP contribution in [0.15, 0.2) is 53.0 Å². The van der Waals surface area contributed by atoms with Crippen molar-refractivity contribution < 1.29 is 18.8 Å². The zero-order chi connectivity index (χ0) is 20.5. The van der Waals surface area contributed by atoms with Crippen LogP contribution in [-0.2, 0) is 15.1 Å². The van der Waals surface area contributed by atoms with E-state index in [1.807, 2.05) is 31.2 Å². The highest BCUT2D eigenvalue weighted by atomic mass is 79.9. The molecule has 0 aliphatic carbocycles. The van der Waals surface area contributed by atoms with Crippen molar-refractivity contribution in [2.45, 2.75) is 25.4 Å². The molecule has 1 fully saturated rings. The number of benzene rings is 2. The van der Waals surface area contributed by atoms with E-state index in [1.165, 1.54) is 31.2 Å². The second-order valence-corrected chi connectivity index (χ2v) is 7.71. The predicted molar refractivity (Wildman–Crippen MR) is 105 cm³/mol. The zero-order valence-corrected chi connectivity index (χ0v) is 16.9. The summed E-state index contributed by atoms with van der Waals surface area (Å²) in [6.07, 6.45) is 0. The average molecular weight is 448 g/mol. The quantitative estimate of drug-likeness (QED) is 0.690. The molecule has 0 bridgehead atoms. The third kappa shape index (κ3) is 3.91. The first-order valence-electron chi connectivity index (χ1n) is 8.65. The number of hydrogen-bond donors (Lipinski definition) is 2. The summed E-state index contributed by atoms with van der Waals surface area (Å²) in [7, 11) is 0. The molecule has 1 saturated heterocycles. The average Bonchev–Trinajstić information content (AvgIpc) is 2.86. The maximum Gasteiger partial charge on any atom is 0.325 e. The number of halogens is 2. The van der Waals surface area contributed by atoms with E-state index in [0.717, 1.165) is 14.9 Å². The second kappa shape index (κ2) is 7.71. The van der Waals surface area contributed by atoms with Crippen molar-refractivity contribution in [3.63, 3.8) is 0 Å². The Kier molecular flexibility index (Phi) is 5.51. The van der Waals surface area contributed by atoms with Crippen LogP contribution in [0.3, 0.4) is 0 Å². The maximum atomic E-state index is 13.2. The van der Waals surface area contributed by atoms with Gasteiger partial charge in [0.1, 0.15) is 17.9 Å². The van der Waals surface area contributed by atoms with Crippen LogP contribution in [0, 0.1) is 5.82 Å². The molecular weight excluding hydrogens is 429 g/mol. The number of carbonyl (C=O) groups excluding carboxylic acids is 3. The molecule has 2 aromatic carbocycles. The monoisotopic (exact) mass is 447 g/mol. The van der Waals surface area contributed by atoms with Crippen molar-refractivity contribution >= 4 is 33.8 Å². The molecule has 28 heavy (non-hydrogen) atoms. The van der Waals surface area contributed by atoms with Gasteiger partial charge in [-0.1, -0.05) is 40.2 Å². The van der Waals surface area contributed by atoms with Gasteiger partial charge in [0.25, 0.3) is 5.91 Å². The van der Waals surface area contributed by atoms with E-state index >= 15 is 0 Å². The normalized spacial score (nSPS) is 20.1. The van der Waals surface area contributed by atoms with Crippen molar-refractivity contribution in [3.8, 4) is 0 Å². The van der Waals surface area contributed by atoms with E-state index in [0.29, 0.717) is 5.56 Å². The van der Waals surface area contributed by atoms with Crippen LogP contribution < -0.4 is 10.6 Å². The van der Waals surface area contributed by atoms with Gasteiger partial charge < -0.3 is 10.6 Å². The van der Waals surface area contributed by atoms with E-state index in [2.05, 4.69) is 26.6 Å². The fourth-order valence-corrected chi connectivity index (χ4v) is 3.35. The van der Waals surface area contributed by atoms with Gasteiger partial charge in [-0.25, -0.2) is 9.18 Å². The highest BCUT2D eigenvalue weighted by molar-refractivity contribution is 9.10. The molecular formula is C20H19BrFN3O3. The lowest BCUT2D eigenvalue weighted by atomic mass is 9.92. The minimum absolute atomic E-state index is 0.287. The third-order valence-electron chi connectivity index (χ3n) is 4.75. The number of rotatable bonds is 5. The van der Waals surface area contributed by atoms with Crippen LogP contribution in [0.25, 0.3) is 0 Å². The molecule has 4 amide bonds. The summed E-state index contributed by atoms with van der Waals surface area (Å²) in [6.45, 7) is 2.95. The summed E-state index contributed by atoms with van der Waals surface area (Å²) in [5, 5.41) is 5.37. The van der Waals surface area contributed by atoms with Gasteiger partial charge in [-0.2, -0.15) is 0 Å². The Hall–Kier alpha value is -2.74. The van der Waals surface area contributed by atoms with Gasteiger partial charge in [-0.05, 0) is 49.2 Å². The Balaban J connectivity index is 1.69. The molecule has 2 atom stereocenters. The number of hydrogen-bond acceptors (Lipinski definition) is 3. The minimum Gasteiger partial charge on any atom is -0.348 e. The third-order valence-corrected chi connectivity index (χ3v) is 5.27. The van der Waals surface area contributed by atoms with Crippen LogP contribution in [0.2, 0.25) is 0 Å². The van der Waals surface area contributed by atoms with Crippen LogP contribution >= 0.6 is 15.9 Å². The number of nitrogens with one attached hydrogen (secondary N) is 2. The highest BCUT2D eigenvalue weighted by Gasteiger charge is 2.49. The lowest BCUT2D eigenvalue weighted by Crippen LogP contribution is -2.43. The van der Waals surface area contributed by atoms with Gasteiger partial charge in [0, 0.05) is 4.47 Å². The molecule has 2 aromatic rings. The lowest BCUT2D eigenvalue weighted by Gasteiger charge is -2.22. The number of imide groups is 1. The summed E-state index contributed by atoms with van der Waals surface area (Å²) in [6, 6.07) is 11.8. The van der Waals surface area contributed by atoms with E-state index in [4.69, 9.17) is 0 Å². The minimum atomic E-state index is -1.34. The van der Waals surface area contributed by atoms with E-state index in [1.54, 1.807) is 0 Å². The smallest absolute Gasteiger partial charge is 0.325 e. The second-order valence-electron chi connectivity index (χ2n) is 6.79. The number of amides is 4. The topological polar surface area (TPSA) is 78.5 Å². The van der Waals surface area contributed by atoms with Crippen LogP contribution in [0.1, 0.15) is 31.0 Å². The summed E-state index contributed by atoms with van der Waals surface area (Å²) >= 11 is 3.35. The Labute approximate surface area is 170 Å². The lowest BCUT2D eigenvalue weighted by molar-refractivity contribution is -0.135. The molecule has 2 N–H and O–H groups in total. The van der Waals surface area contributed by atoms with Gasteiger partial charge in [0.05, 0.1) is 6.04 Å². The fourth-order valence-electron chi connectivity index (χ4n) is 3.08. The van der Waals surface area contributed by atoms with Crippen molar-refractivity contribution in [2.24, 2.45) is 0 Å². The largest absolute Gasteiger partial charge is 0.348 e. The van der Waals surface area contributed by atoms with Crippen LogP contribution in [0.5, 0.6) is 0 Å². The molecule has 1 aliphatic rings. The molecule has 0 aromatic heterocycles. The highest BCUT2D eigenvalue weighted by Crippen LogP contribution is 2.28. The Bertz CT molecular complexity index is 917. The van der Waals surface area contributed by atoms with Crippen molar-refractivity contribution in [3.05, 3.63) is 69.9 Å². The Morgan fingerprint density at radius 1 is 1.18 bits per heavy atom. The predicted octanol–water partition coefficient (Wildman–Crippen LogP) is 3.23. The SMILES string of the molecule is C[C@@H](NC(=O)CN1C(=O)N[C@@](C)(c2ccc(F)cc2)C1=O)c1ccc(Br)cc1. The van der Waals surface area contributed by atoms with Crippen LogP contribution in [0.4, 0.5) is 9.18 Å². The standard InChI is InChI=1S/C20H19BrFN3O3/c1-12(13-3-7-15(21)8-4-13)23-17(26)11-25-18(27)20(2,24-19(25)28)14-5-9-16(22)10-6-14/h3-10,12H,11H2,1-2H3,(H,23,26)(H,24,28)/t12-,20+/m1/s1. The first-order valence-corrected chi connectivity index (χ1v) is 9.45. The van der Waals surface area contributed by atoms with Gasteiger partial charge >= 0.3 is 6.03 Å². The molecule has 0 saturated carbocycles. The summed E-state index contributed by atoms with van der Waals surface area (Å²) < 4.78 is 14.1. The fraction of sp³-hybridized carbons (Fsp3) is 0.250. The number of urea groups is 1. The summed E-state index contributed by atoms with van der Waals surface area (Å²) in [4.78, 5) is 38.4. The number of nitrogens with zero attached hydrogens (tertiary/aromatic N) is 1. The molecule has 6 nitrogen and oxygen atoms in total. The Morgan fingerprint density at radius 2 is 1.79 bits per heavy atom. The van der Waals surface area contributed by atoms with Crippen molar-refractivity contribution in [1.29, 1.82) is 0 Å². The molecule has 0 unspecified atom stereocenters. The molecule has 8 heteroatoms. The molecule has 0 radical (unpaired) electrons. The van der Waals surface area contributed by atoms with Crippen molar-refractivity contribution in [2.75, 3.05) is 6.54 Å². The molecule has 3 rings (SSSR count). The van der Waals surface area contributed by atoms with Gasteiger partial charge in [0.15, 0.2) is 0 Å². The summed E-state index contributed by atoms with van der Waals surface area (Å²) in [5.74, 6) is -1.46. The van der Waals surface area contributed by atoms with E-state index in [-0.39, 0.29) is 6.04 Å². The maximum absolute atomic E-state index is 13.2. The molecule has 1 heterocycles. The number of carbonyl (C=O) groups is 3. The van der Waals surface area contributed by atoms with Gasteiger partial charge in [0.2, 0.25) is 5.91 Å².